The molecule has 1 N–H and O–H groups in total. The van der Waals surface area contributed by atoms with Gasteiger partial charge in [-0.15, -0.1) is 0 Å². The van der Waals surface area contributed by atoms with Gasteiger partial charge in [0, 0.05) is 6.54 Å². The molecule has 0 aromatic heterocycles. The normalized spacial score (nSPS) is 18.9. The predicted molar refractivity (Wildman–Crippen MR) is 96.8 cm³/mol. The molecule has 1 aliphatic heterocycles. The lowest BCUT2D eigenvalue weighted by Gasteiger charge is -2.16. The van der Waals surface area contributed by atoms with Gasteiger partial charge >= 0.3 is 18.0 Å². The van der Waals surface area contributed by atoms with Crippen molar-refractivity contribution in [3.05, 3.63) is 35.9 Å². The molecule has 1 aromatic carbocycles. The van der Waals surface area contributed by atoms with Crippen LogP contribution >= 0.6 is 0 Å². The largest absolute Gasteiger partial charge is 0.468 e. The van der Waals surface area contributed by atoms with Gasteiger partial charge in [0.25, 0.3) is 0 Å². The van der Waals surface area contributed by atoms with E-state index in [4.69, 9.17) is 14.2 Å². The highest BCUT2D eigenvalue weighted by molar-refractivity contribution is 5.81. The van der Waals surface area contributed by atoms with E-state index in [-0.39, 0.29) is 18.6 Å². The number of carbonyl (C=O) groups is 3. The second-order valence-electron chi connectivity index (χ2n) is 6.31. The van der Waals surface area contributed by atoms with Gasteiger partial charge in [-0.3, -0.25) is 9.69 Å². The summed E-state index contributed by atoms with van der Waals surface area (Å²) < 4.78 is 14.6. The number of ether oxygens (including phenoxy) is 3. The molecule has 1 aromatic rings. The molecule has 1 aliphatic rings. The van der Waals surface area contributed by atoms with E-state index in [1.807, 2.05) is 35.2 Å². The summed E-state index contributed by atoms with van der Waals surface area (Å²) in [6.45, 7) is 1.58. The van der Waals surface area contributed by atoms with Gasteiger partial charge < -0.3 is 19.5 Å². The van der Waals surface area contributed by atoms with Gasteiger partial charge in [0.05, 0.1) is 14.2 Å². The molecule has 1 heterocycles. The molecule has 2 unspecified atom stereocenters. The average Bonchev–Trinajstić information content (AvgIpc) is 3.47. The molecular formula is C19H26N2O6. The van der Waals surface area contributed by atoms with Crippen molar-refractivity contribution in [1.82, 2.24) is 10.2 Å². The van der Waals surface area contributed by atoms with Gasteiger partial charge in [0.2, 0.25) is 0 Å². The van der Waals surface area contributed by atoms with Crippen LogP contribution in [0.4, 0.5) is 4.79 Å². The third kappa shape index (κ3) is 6.90. The van der Waals surface area contributed by atoms with Gasteiger partial charge in [-0.1, -0.05) is 30.3 Å². The smallest absolute Gasteiger partial charge is 0.408 e. The lowest BCUT2D eigenvalue weighted by Crippen LogP contribution is -2.41. The first-order valence-electron chi connectivity index (χ1n) is 8.92. The number of methoxy groups -OCH3 is 2. The minimum atomic E-state index is -0.760. The van der Waals surface area contributed by atoms with Crippen molar-refractivity contribution in [3.63, 3.8) is 0 Å². The summed E-state index contributed by atoms with van der Waals surface area (Å²) in [6.07, 6.45) is 1.26. The number of rotatable bonds is 10. The zero-order valence-electron chi connectivity index (χ0n) is 15.7. The van der Waals surface area contributed by atoms with Gasteiger partial charge in [-0.05, 0) is 31.4 Å². The van der Waals surface area contributed by atoms with Crippen LogP contribution in [0, 0.1) is 0 Å². The zero-order chi connectivity index (χ0) is 19.6. The number of benzene rings is 1. The minimum absolute atomic E-state index is 0.129. The maximum Gasteiger partial charge on any atom is 0.408 e. The highest BCUT2D eigenvalue weighted by Gasteiger charge is 2.40. The second-order valence-corrected chi connectivity index (χ2v) is 6.31. The monoisotopic (exact) mass is 378 g/mol. The maximum atomic E-state index is 11.9. The number of hydrogen-bond donors (Lipinski definition) is 1. The molecule has 1 amide bonds. The van der Waals surface area contributed by atoms with Crippen LogP contribution in [0.3, 0.4) is 0 Å². The van der Waals surface area contributed by atoms with Crippen LogP contribution in [0.5, 0.6) is 0 Å². The lowest BCUT2D eigenvalue weighted by molar-refractivity contribution is -0.143. The molecule has 0 radical (unpaired) electrons. The van der Waals surface area contributed by atoms with Crippen LogP contribution in [0.25, 0.3) is 0 Å². The highest BCUT2D eigenvalue weighted by Crippen LogP contribution is 2.19. The van der Waals surface area contributed by atoms with E-state index in [1.54, 1.807) is 0 Å². The fourth-order valence-corrected chi connectivity index (χ4v) is 2.74. The van der Waals surface area contributed by atoms with Crippen LogP contribution in [0.1, 0.15) is 24.8 Å². The van der Waals surface area contributed by atoms with Crippen molar-refractivity contribution in [2.24, 2.45) is 0 Å². The first-order chi connectivity index (χ1) is 13.0. The van der Waals surface area contributed by atoms with E-state index < -0.39 is 18.1 Å². The van der Waals surface area contributed by atoms with E-state index in [1.165, 1.54) is 14.2 Å². The summed E-state index contributed by atoms with van der Waals surface area (Å²) in [5.74, 6) is -0.726. The third-order valence-corrected chi connectivity index (χ3v) is 4.37. The Kier molecular flexibility index (Phi) is 8.06. The third-order valence-electron chi connectivity index (χ3n) is 4.37. The number of esters is 2. The average molecular weight is 378 g/mol. The Morgan fingerprint density at radius 3 is 2.56 bits per heavy atom. The fourth-order valence-electron chi connectivity index (χ4n) is 2.74. The number of nitrogens with one attached hydrogen (secondary N) is 1. The first-order valence-corrected chi connectivity index (χ1v) is 8.92. The van der Waals surface area contributed by atoms with Gasteiger partial charge in [-0.2, -0.15) is 0 Å². The molecule has 1 fully saturated rings. The van der Waals surface area contributed by atoms with Crippen LogP contribution < -0.4 is 5.32 Å². The lowest BCUT2D eigenvalue weighted by atomic mass is 10.1. The number of hydrogen-bond acceptors (Lipinski definition) is 7. The van der Waals surface area contributed by atoms with Crippen molar-refractivity contribution in [2.75, 3.05) is 27.3 Å². The Hall–Kier alpha value is -2.61. The maximum absolute atomic E-state index is 11.9. The summed E-state index contributed by atoms with van der Waals surface area (Å²) >= 11 is 0. The van der Waals surface area contributed by atoms with Crippen LogP contribution in [0.15, 0.2) is 30.3 Å². The van der Waals surface area contributed by atoms with Crippen molar-refractivity contribution in [3.8, 4) is 0 Å². The minimum Gasteiger partial charge on any atom is -0.468 e. The van der Waals surface area contributed by atoms with Crippen molar-refractivity contribution in [1.29, 1.82) is 0 Å². The predicted octanol–water partition coefficient (Wildman–Crippen LogP) is 1.48. The molecule has 0 spiro atoms. The first kappa shape index (κ1) is 20.7. The SMILES string of the molecule is COC(=O)C1CN1CCCC[C@H](NC(=O)OCc1ccccc1)C(=O)OC. The van der Waals surface area contributed by atoms with Crippen molar-refractivity contribution in [2.45, 2.75) is 38.0 Å². The Morgan fingerprint density at radius 1 is 1.15 bits per heavy atom. The molecule has 3 atom stereocenters. The van der Waals surface area contributed by atoms with Gasteiger partial charge in [-0.25, -0.2) is 9.59 Å². The highest BCUT2D eigenvalue weighted by atomic mass is 16.6. The van der Waals surface area contributed by atoms with Crippen LogP contribution in [-0.4, -0.2) is 62.3 Å². The number of unbranched alkanes of at least 4 members (excludes halogenated alkanes) is 1. The van der Waals surface area contributed by atoms with Gasteiger partial charge in [0.1, 0.15) is 18.7 Å². The quantitative estimate of drug-likeness (QED) is 0.285. The molecule has 0 saturated carbocycles. The second kappa shape index (κ2) is 10.5. The van der Waals surface area contributed by atoms with Crippen molar-refractivity contribution >= 4 is 18.0 Å². The fraction of sp³-hybridized carbons (Fsp3) is 0.526. The van der Waals surface area contributed by atoms with Gasteiger partial charge in [0.15, 0.2) is 0 Å². The molecule has 0 bridgehead atoms. The molecule has 8 heteroatoms. The number of nitrogens with zero attached hydrogens (tertiary/aromatic N) is 1. The molecule has 8 nitrogen and oxygen atoms in total. The number of carbonyl (C=O) groups excluding carboxylic acids is 3. The van der Waals surface area contributed by atoms with E-state index in [2.05, 4.69) is 5.32 Å². The van der Waals surface area contributed by atoms with E-state index in [9.17, 15) is 14.4 Å². The van der Waals surface area contributed by atoms with Crippen molar-refractivity contribution < 1.29 is 28.6 Å². The molecule has 2 rings (SSSR count). The number of alkyl carbamates (subject to hydrolysis) is 1. The summed E-state index contributed by atoms with van der Waals surface area (Å²) in [7, 11) is 2.66. The molecule has 1 saturated heterocycles. The molecule has 0 aliphatic carbocycles. The summed E-state index contributed by atoms with van der Waals surface area (Å²) in [5.41, 5.74) is 0.862. The van der Waals surface area contributed by atoms with Crippen LogP contribution in [0.2, 0.25) is 0 Å². The van der Waals surface area contributed by atoms with E-state index in [0.29, 0.717) is 19.4 Å². The van der Waals surface area contributed by atoms with E-state index in [0.717, 1.165) is 18.5 Å². The van der Waals surface area contributed by atoms with Crippen LogP contribution in [-0.2, 0) is 30.4 Å². The Balaban J connectivity index is 1.69. The summed E-state index contributed by atoms with van der Waals surface area (Å²) in [5, 5.41) is 2.55. The Morgan fingerprint density at radius 2 is 1.89 bits per heavy atom. The zero-order valence-corrected chi connectivity index (χ0v) is 15.7. The molecular weight excluding hydrogens is 352 g/mol. The summed E-state index contributed by atoms with van der Waals surface area (Å²) in [4.78, 5) is 37.2. The number of amides is 1. The Labute approximate surface area is 158 Å². The molecule has 148 valence electrons. The Bertz CT molecular complexity index is 636. The van der Waals surface area contributed by atoms with E-state index >= 15 is 0 Å². The topological polar surface area (TPSA) is 93.9 Å². The molecule has 27 heavy (non-hydrogen) atoms. The standard InChI is InChI=1S/C19H26N2O6/c1-25-17(22)15(10-6-7-11-21-12-16(21)18(23)26-2)20-19(24)27-13-14-8-4-3-5-9-14/h3-5,8-9,15-16H,6-7,10-13H2,1-2H3,(H,20,24)/t15-,16?,21?/m0/s1. The summed E-state index contributed by atoms with van der Waals surface area (Å²) in [6, 6.07) is 8.38.